The van der Waals surface area contributed by atoms with Crippen molar-refractivity contribution in [3.63, 3.8) is 0 Å². The molecule has 10 aromatic carbocycles. The second kappa shape index (κ2) is 13.9. The van der Waals surface area contributed by atoms with Gasteiger partial charge in [-0.05, 0) is 105 Å². The van der Waals surface area contributed by atoms with Crippen LogP contribution in [0.1, 0.15) is 25.0 Å². The number of aromatic nitrogens is 1. The van der Waals surface area contributed by atoms with Crippen molar-refractivity contribution in [3.8, 4) is 39.1 Å². The minimum absolute atomic E-state index is 0.0627. The first-order valence-corrected chi connectivity index (χ1v) is 22.2. The van der Waals surface area contributed by atoms with Crippen molar-refractivity contribution in [3.05, 3.63) is 230 Å². The third kappa shape index (κ3) is 5.34. The van der Waals surface area contributed by atoms with Gasteiger partial charge in [0.1, 0.15) is 11.2 Å². The summed E-state index contributed by atoms with van der Waals surface area (Å²) in [5.41, 5.74) is 18.6. The normalized spacial score (nSPS) is 13.0. The van der Waals surface area contributed by atoms with E-state index in [1.165, 1.54) is 55.1 Å². The Morgan fingerprint density at radius 2 is 0.984 bits per heavy atom. The van der Waals surface area contributed by atoms with Crippen molar-refractivity contribution in [2.75, 3.05) is 4.90 Å². The second-order valence-corrected chi connectivity index (χ2v) is 17.6. The summed E-state index contributed by atoms with van der Waals surface area (Å²) in [6.07, 6.45) is 0. The van der Waals surface area contributed by atoms with Gasteiger partial charge in [0.15, 0.2) is 0 Å². The third-order valence-corrected chi connectivity index (χ3v) is 13.8. The highest BCUT2D eigenvalue weighted by atomic mass is 16.3. The summed E-state index contributed by atoms with van der Waals surface area (Å²) in [5.74, 6) is 0. The largest absolute Gasteiger partial charge is 0.455 e. The number of fused-ring (bicyclic) bond motifs is 11. The Labute approximate surface area is 371 Å². The molecule has 2 aromatic heterocycles. The zero-order chi connectivity index (χ0) is 42.5. The standard InChI is InChI=1S/C61H42N2O/c1-61(2)52-24-10-8-19-50(52)57-45(21-13-25-53(57)61)40-29-34-43(35-30-40)62(55-27-14-28-56-58(55)51-20-9-11-26-54(51)63(56)42-16-4-3-5-17-42)44-36-31-41(32-37-44)47-22-12-23-48-49-38-33-39-15-6-7-18-46(39)60(49)64-59(47)48/h3-38H,1-2H3. The average molecular weight is 819 g/mol. The lowest BCUT2D eigenvalue weighted by Gasteiger charge is -2.27. The summed E-state index contributed by atoms with van der Waals surface area (Å²) >= 11 is 0. The van der Waals surface area contributed by atoms with Gasteiger partial charge in [-0.3, -0.25) is 0 Å². The fourth-order valence-corrected chi connectivity index (χ4v) is 10.8. The molecule has 302 valence electrons. The number of nitrogens with zero attached hydrogens (tertiary/aromatic N) is 2. The van der Waals surface area contributed by atoms with E-state index in [1.807, 2.05) is 0 Å². The predicted molar refractivity (Wildman–Crippen MR) is 269 cm³/mol. The summed E-state index contributed by atoms with van der Waals surface area (Å²) in [6, 6.07) is 79.5. The number of hydrogen-bond acceptors (Lipinski definition) is 2. The molecule has 0 atom stereocenters. The highest BCUT2D eigenvalue weighted by Crippen LogP contribution is 2.52. The lowest BCUT2D eigenvalue weighted by molar-refractivity contribution is 0.660. The zero-order valence-electron chi connectivity index (χ0n) is 35.6. The van der Waals surface area contributed by atoms with Gasteiger partial charge in [0, 0.05) is 55.0 Å². The Morgan fingerprint density at radius 3 is 1.80 bits per heavy atom. The first kappa shape index (κ1) is 36.5. The lowest BCUT2D eigenvalue weighted by Crippen LogP contribution is -2.14. The van der Waals surface area contributed by atoms with Gasteiger partial charge in [-0.1, -0.05) is 172 Å². The molecule has 0 fully saturated rings. The monoisotopic (exact) mass is 818 g/mol. The molecule has 0 amide bonds. The summed E-state index contributed by atoms with van der Waals surface area (Å²) in [7, 11) is 0. The fraction of sp³-hybridized carbons (Fsp3) is 0.0492. The average Bonchev–Trinajstić information content (AvgIpc) is 3.99. The summed E-state index contributed by atoms with van der Waals surface area (Å²) in [5, 5.41) is 6.98. The number of furan rings is 1. The number of benzene rings is 10. The van der Waals surface area contributed by atoms with Gasteiger partial charge in [0.2, 0.25) is 0 Å². The highest BCUT2D eigenvalue weighted by Gasteiger charge is 2.36. The van der Waals surface area contributed by atoms with Gasteiger partial charge in [-0.25, -0.2) is 0 Å². The molecule has 3 heteroatoms. The highest BCUT2D eigenvalue weighted by molar-refractivity contribution is 6.18. The van der Waals surface area contributed by atoms with Crippen LogP contribution in [0.4, 0.5) is 17.1 Å². The molecule has 1 aliphatic rings. The number of hydrogen-bond donors (Lipinski definition) is 0. The van der Waals surface area contributed by atoms with Gasteiger partial charge in [0.05, 0.1) is 16.7 Å². The van der Waals surface area contributed by atoms with E-state index in [0.717, 1.165) is 66.7 Å². The van der Waals surface area contributed by atoms with Crippen molar-refractivity contribution in [2.45, 2.75) is 19.3 Å². The first-order chi connectivity index (χ1) is 31.5. The van der Waals surface area contributed by atoms with Gasteiger partial charge in [-0.2, -0.15) is 0 Å². The van der Waals surface area contributed by atoms with Crippen LogP contribution in [0.3, 0.4) is 0 Å². The zero-order valence-corrected chi connectivity index (χ0v) is 35.6. The van der Waals surface area contributed by atoms with Gasteiger partial charge < -0.3 is 13.9 Å². The van der Waals surface area contributed by atoms with E-state index in [2.05, 4.69) is 242 Å². The van der Waals surface area contributed by atoms with Crippen LogP contribution < -0.4 is 4.90 Å². The molecule has 0 saturated heterocycles. The molecule has 2 heterocycles. The van der Waals surface area contributed by atoms with Gasteiger partial charge >= 0.3 is 0 Å². The molecule has 64 heavy (non-hydrogen) atoms. The minimum Gasteiger partial charge on any atom is -0.455 e. The van der Waals surface area contributed by atoms with Gasteiger partial charge in [-0.15, -0.1) is 0 Å². The van der Waals surface area contributed by atoms with Crippen LogP contribution in [0, 0.1) is 0 Å². The SMILES string of the molecule is CC1(C)c2ccccc2-c2c(-c3ccc(N(c4ccc(-c5cccc6c5oc5c7ccccc7ccc65)cc4)c4cccc5c4c4ccccc4n5-c4ccccc4)cc3)cccc21. The van der Waals surface area contributed by atoms with Crippen molar-refractivity contribution >= 4 is 71.6 Å². The van der Waals surface area contributed by atoms with Crippen LogP contribution in [-0.4, -0.2) is 4.57 Å². The van der Waals surface area contributed by atoms with E-state index in [4.69, 9.17) is 4.42 Å². The molecule has 12 aromatic rings. The first-order valence-electron chi connectivity index (χ1n) is 22.2. The van der Waals surface area contributed by atoms with Crippen LogP contribution in [0.25, 0.3) is 93.6 Å². The van der Waals surface area contributed by atoms with Crippen molar-refractivity contribution in [2.24, 2.45) is 0 Å². The van der Waals surface area contributed by atoms with E-state index in [-0.39, 0.29) is 5.41 Å². The topological polar surface area (TPSA) is 21.3 Å². The lowest BCUT2D eigenvalue weighted by atomic mass is 9.82. The van der Waals surface area contributed by atoms with Crippen LogP contribution in [0.15, 0.2) is 223 Å². The maximum absolute atomic E-state index is 6.79. The van der Waals surface area contributed by atoms with Crippen molar-refractivity contribution in [1.82, 2.24) is 4.57 Å². The summed E-state index contributed by atoms with van der Waals surface area (Å²) in [4.78, 5) is 2.43. The molecular formula is C61H42N2O. The molecule has 1 aliphatic carbocycles. The molecule has 0 radical (unpaired) electrons. The molecule has 0 unspecified atom stereocenters. The van der Waals surface area contributed by atoms with Gasteiger partial charge in [0.25, 0.3) is 0 Å². The Morgan fingerprint density at radius 1 is 0.406 bits per heavy atom. The Balaban J connectivity index is 0.988. The van der Waals surface area contributed by atoms with Crippen molar-refractivity contribution < 1.29 is 4.42 Å². The molecule has 0 bridgehead atoms. The molecule has 0 spiro atoms. The van der Waals surface area contributed by atoms with E-state index >= 15 is 0 Å². The van der Waals surface area contributed by atoms with E-state index < -0.39 is 0 Å². The second-order valence-electron chi connectivity index (χ2n) is 17.6. The number of para-hydroxylation sites is 3. The predicted octanol–water partition coefficient (Wildman–Crippen LogP) is 16.9. The quantitative estimate of drug-likeness (QED) is 0.167. The van der Waals surface area contributed by atoms with Crippen molar-refractivity contribution in [1.29, 1.82) is 0 Å². The van der Waals surface area contributed by atoms with Crippen LogP contribution in [0.2, 0.25) is 0 Å². The van der Waals surface area contributed by atoms with E-state index in [1.54, 1.807) is 0 Å². The number of anilines is 3. The Bertz CT molecular complexity index is 3800. The molecule has 13 rings (SSSR count). The maximum atomic E-state index is 6.79. The minimum atomic E-state index is -0.0627. The third-order valence-electron chi connectivity index (χ3n) is 13.8. The molecule has 0 N–H and O–H groups in total. The van der Waals surface area contributed by atoms with E-state index in [9.17, 15) is 0 Å². The Hall–Kier alpha value is -8.14. The van der Waals surface area contributed by atoms with Crippen LogP contribution in [0.5, 0.6) is 0 Å². The molecular weight excluding hydrogens is 777 g/mol. The molecule has 0 aliphatic heterocycles. The Kier molecular flexibility index (Phi) is 7.95. The summed E-state index contributed by atoms with van der Waals surface area (Å²) in [6.45, 7) is 4.70. The number of rotatable bonds is 6. The van der Waals surface area contributed by atoms with Crippen LogP contribution in [-0.2, 0) is 5.41 Å². The van der Waals surface area contributed by atoms with Crippen LogP contribution >= 0.6 is 0 Å². The smallest absolute Gasteiger partial charge is 0.143 e. The van der Waals surface area contributed by atoms with E-state index in [0.29, 0.717) is 0 Å². The maximum Gasteiger partial charge on any atom is 0.143 e. The summed E-state index contributed by atoms with van der Waals surface area (Å²) < 4.78 is 9.18. The molecule has 0 saturated carbocycles. The molecule has 3 nitrogen and oxygen atoms in total. The fourth-order valence-electron chi connectivity index (χ4n) is 10.8.